The maximum Gasteiger partial charge on any atom is 0.231 e. The molecule has 3 aromatic rings. The molecule has 3 aromatic carbocycles. The number of carbonyl (C=O) groups is 1. The average molecular weight is 616 g/mol. The Hall–Kier alpha value is -3.40. The molecular formula is C35H41N3O5S. The Balaban J connectivity index is 0.955. The SMILES string of the molecule is C[C@@H]1CN(C2(C)CCN(C(=O)C3Cc4ccccc43)CC2)CCN1[C@@H](C)c1ccc(S(=O)(=O)c2ccc3c(c2)OCO3)cc1. The Labute approximate surface area is 260 Å². The molecule has 3 heterocycles. The number of carbonyl (C=O) groups excluding carboxylic acids is 1. The molecule has 44 heavy (non-hydrogen) atoms. The van der Waals surface area contributed by atoms with Crippen LogP contribution in [0.4, 0.5) is 0 Å². The summed E-state index contributed by atoms with van der Waals surface area (Å²) >= 11 is 0. The summed E-state index contributed by atoms with van der Waals surface area (Å²) in [6.45, 7) is 11.5. The predicted molar refractivity (Wildman–Crippen MR) is 168 cm³/mol. The molecule has 0 radical (unpaired) electrons. The zero-order valence-corrected chi connectivity index (χ0v) is 26.6. The Morgan fingerprint density at radius 2 is 1.61 bits per heavy atom. The number of fused-ring (bicyclic) bond motifs is 2. The van der Waals surface area contributed by atoms with Crippen molar-refractivity contribution in [1.82, 2.24) is 14.7 Å². The first kappa shape index (κ1) is 29.3. The van der Waals surface area contributed by atoms with E-state index in [1.165, 1.54) is 17.2 Å². The van der Waals surface area contributed by atoms with E-state index in [-0.39, 0.29) is 34.1 Å². The van der Waals surface area contributed by atoms with Gasteiger partial charge in [0.15, 0.2) is 11.5 Å². The van der Waals surface area contributed by atoms with E-state index in [4.69, 9.17) is 9.47 Å². The van der Waals surface area contributed by atoms with Crippen molar-refractivity contribution in [2.45, 2.75) is 73.4 Å². The highest BCUT2D eigenvalue weighted by Crippen LogP contribution is 2.39. The second kappa shape index (κ2) is 11.2. The number of hydrogen-bond acceptors (Lipinski definition) is 7. The number of amides is 1. The summed E-state index contributed by atoms with van der Waals surface area (Å²) in [5.41, 5.74) is 3.72. The Morgan fingerprint density at radius 3 is 2.34 bits per heavy atom. The van der Waals surface area contributed by atoms with Gasteiger partial charge in [-0.15, -0.1) is 0 Å². The zero-order valence-electron chi connectivity index (χ0n) is 25.7. The lowest BCUT2D eigenvalue weighted by atomic mass is 9.76. The first-order chi connectivity index (χ1) is 21.1. The molecule has 3 atom stereocenters. The Kier molecular flexibility index (Phi) is 7.46. The van der Waals surface area contributed by atoms with Crippen LogP contribution in [0.5, 0.6) is 11.5 Å². The molecular weight excluding hydrogens is 574 g/mol. The van der Waals surface area contributed by atoms with Crippen LogP contribution in [0, 0.1) is 0 Å². The molecule has 2 fully saturated rings. The molecule has 232 valence electrons. The Bertz CT molecular complexity index is 1670. The first-order valence-corrected chi connectivity index (χ1v) is 17.2. The molecule has 0 bridgehead atoms. The standard InChI is InChI=1S/C35H41N3O5S/c1-24-22-37(35(3)14-16-36(17-15-35)34(39)31-20-27-6-4-5-7-30(27)31)18-19-38(24)25(2)26-8-10-28(11-9-26)44(40,41)29-12-13-32-33(21-29)43-23-42-32/h4-13,21,24-25,31H,14-20,22-23H2,1-3H3/t24-,25+,31?/m1/s1. The highest BCUT2D eigenvalue weighted by atomic mass is 32.2. The monoisotopic (exact) mass is 615 g/mol. The van der Waals surface area contributed by atoms with E-state index in [1.54, 1.807) is 24.3 Å². The highest BCUT2D eigenvalue weighted by molar-refractivity contribution is 7.91. The van der Waals surface area contributed by atoms with Gasteiger partial charge in [-0.25, -0.2) is 8.42 Å². The number of nitrogens with zero attached hydrogens (tertiary/aromatic N) is 3. The molecule has 8 nitrogen and oxygen atoms in total. The van der Waals surface area contributed by atoms with E-state index in [0.717, 1.165) is 57.5 Å². The molecule has 1 amide bonds. The van der Waals surface area contributed by atoms with Crippen molar-refractivity contribution >= 4 is 15.7 Å². The smallest absolute Gasteiger partial charge is 0.231 e. The van der Waals surface area contributed by atoms with Crippen LogP contribution >= 0.6 is 0 Å². The summed E-state index contributed by atoms with van der Waals surface area (Å²) in [6, 6.07) is 20.9. The molecule has 0 saturated carbocycles. The minimum absolute atomic E-state index is 0.0402. The van der Waals surface area contributed by atoms with Gasteiger partial charge in [0.25, 0.3) is 0 Å². The second-order valence-corrected chi connectivity index (χ2v) is 15.0. The third-order valence-corrected chi connectivity index (χ3v) is 12.3. The third kappa shape index (κ3) is 5.08. The molecule has 7 rings (SSSR count). The van der Waals surface area contributed by atoms with E-state index in [9.17, 15) is 13.2 Å². The van der Waals surface area contributed by atoms with Gasteiger partial charge >= 0.3 is 0 Å². The van der Waals surface area contributed by atoms with Crippen LogP contribution in [0.3, 0.4) is 0 Å². The molecule has 0 aromatic heterocycles. The second-order valence-electron chi connectivity index (χ2n) is 13.1. The number of hydrogen-bond donors (Lipinski definition) is 0. The number of piperidine rings is 1. The van der Waals surface area contributed by atoms with Crippen molar-refractivity contribution in [2.24, 2.45) is 0 Å². The average Bonchev–Trinajstić information content (AvgIpc) is 3.50. The van der Waals surface area contributed by atoms with Crippen LogP contribution in [0.2, 0.25) is 0 Å². The summed E-state index contributed by atoms with van der Waals surface area (Å²) < 4.78 is 37.3. The number of piperazine rings is 1. The minimum Gasteiger partial charge on any atom is -0.454 e. The van der Waals surface area contributed by atoms with Gasteiger partial charge in [0.2, 0.25) is 22.5 Å². The summed E-state index contributed by atoms with van der Waals surface area (Å²) in [7, 11) is -3.67. The van der Waals surface area contributed by atoms with Crippen LogP contribution in [0.25, 0.3) is 0 Å². The molecule has 0 spiro atoms. The predicted octanol–water partition coefficient (Wildman–Crippen LogP) is 5.04. The van der Waals surface area contributed by atoms with Crippen molar-refractivity contribution in [3.05, 3.63) is 83.4 Å². The van der Waals surface area contributed by atoms with Gasteiger partial charge in [-0.1, -0.05) is 36.4 Å². The maximum atomic E-state index is 13.3. The fourth-order valence-corrected chi connectivity index (χ4v) is 8.83. The van der Waals surface area contributed by atoms with Crippen LogP contribution in [-0.4, -0.2) is 80.1 Å². The van der Waals surface area contributed by atoms with Gasteiger partial charge < -0.3 is 14.4 Å². The lowest BCUT2D eigenvalue weighted by Gasteiger charge is -2.53. The van der Waals surface area contributed by atoms with E-state index >= 15 is 0 Å². The van der Waals surface area contributed by atoms with Gasteiger partial charge in [0.1, 0.15) is 0 Å². The van der Waals surface area contributed by atoms with Crippen molar-refractivity contribution in [2.75, 3.05) is 39.5 Å². The molecule has 3 aliphatic heterocycles. The zero-order chi connectivity index (χ0) is 30.6. The van der Waals surface area contributed by atoms with Gasteiger partial charge in [-0.3, -0.25) is 14.6 Å². The van der Waals surface area contributed by atoms with Crippen LogP contribution in [-0.2, 0) is 21.1 Å². The van der Waals surface area contributed by atoms with Crippen LogP contribution < -0.4 is 9.47 Å². The van der Waals surface area contributed by atoms with E-state index < -0.39 is 9.84 Å². The van der Waals surface area contributed by atoms with Gasteiger partial charge in [0, 0.05) is 56.4 Å². The molecule has 1 aliphatic carbocycles. The van der Waals surface area contributed by atoms with Crippen molar-refractivity contribution in [3.63, 3.8) is 0 Å². The third-order valence-electron chi connectivity index (χ3n) is 10.6. The van der Waals surface area contributed by atoms with Crippen LogP contribution in [0.1, 0.15) is 62.3 Å². The summed E-state index contributed by atoms with van der Waals surface area (Å²) in [5, 5.41) is 0. The topological polar surface area (TPSA) is 79.4 Å². The highest BCUT2D eigenvalue weighted by Gasteiger charge is 2.42. The quantitative estimate of drug-likeness (QED) is 0.385. The van der Waals surface area contributed by atoms with Gasteiger partial charge in [-0.2, -0.15) is 0 Å². The fraction of sp³-hybridized carbons (Fsp3) is 0.457. The molecule has 9 heteroatoms. The number of likely N-dealkylation sites (tertiary alicyclic amines) is 1. The largest absolute Gasteiger partial charge is 0.454 e. The molecule has 0 N–H and O–H groups in total. The normalized spacial score (nSPS) is 23.9. The number of sulfone groups is 1. The lowest BCUT2D eigenvalue weighted by Crippen LogP contribution is -2.62. The van der Waals surface area contributed by atoms with Gasteiger partial charge in [0.05, 0.1) is 15.7 Å². The fourth-order valence-electron chi connectivity index (χ4n) is 7.56. The number of rotatable bonds is 6. The minimum atomic E-state index is -3.67. The van der Waals surface area contributed by atoms with E-state index in [1.807, 2.05) is 18.2 Å². The van der Waals surface area contributed by atoms with Crippen LogP contribution in [0.15, 0.2) is 76.5 Å². The maximum absolute atomic E-state index is 13.3. The van der Waals surface area contributed by atoms with Crippen molar-refractivity contribution in [1.29, 1.82) is 0 Å². The molecule has 4 aliphatic rings. The van der Waals surface area contributed by atoms with Crippen molar-refractivity contribution in [3.8, 4) is 11.5 Å². The molecule has 1 unspecified atom stereocenters. The number of benzene rings is 3. The first-order valence-electron chi connectivity index (χ1n) is 15.8. The van der Waals surface area contributed by atoms with E-state index in [0.29, 0.717) is 23.4 Å². The summed E-state index contributed by atoms with van der Waals surface area (Å²) in [4.78, 5) is 21.0. The van der Waals surface area contributed by atoms with Gasteiger partial charge in [-0.05, 0) is 81.0 Å². The summed E-state index contributed by atoms with van der Waals surface area (Å²) in [5.74, 6) is 1.36. The van der Waals surface area contributed by atoms with E-state index in [2.05, 4.69) is 53.7 Å². The lowest BCUT2D eigenvalue weighted by molar-refractivity contribution is -0.136. The Morgan fingerprint density at radius 1 is 0.909 bits per heavy atom. The summed E-state index contributed by atoms with van der Waals surface area (Å²) in [6.07, 6.45) is 2.86. The number of ether oxygens (including phenoxy) is 2. The molecule has 2 saturated heterocycles. The van der Waals surface area contributed by atoms with Crippen molar-refractivity contribution < 1.29 is 22.7 Å².